The Balaban J connectivity index is 1.51. The Morgan fingerprint density at radius 1 is 1.14 bits per heavy atom. The molecule has 2 N–H and O–H groups in total. The van der Waals surface area contributed by atoms with E-state index in [4.69, 9.17) is 4.42 Å². The van der Waals surface area contributed by atoms with E-state index in [1.165, 1.54) is 35.4 Å². The second kappa shape index (κ2) is 6.76. The highest BCUT2D eigenvalue weighted by Gasteiger charge is 2.39. The molecular weight excluding hydrogens is 366 g/mol. The van der Waals surface area contributed by atoms with Crippen LogP contribution in [0.5, 0.6) is 0 Å². The van der Waals surface area contributed by atoms with Crippen LogP contribution in [0.4, 0.5) is 0 Å². The van der Waals surface area contributed by atoms with Gasteiger partial charge in [0.2, 0.25) is 11.8 Å². The number of hydrogen-bond acceptors (Lipinski definition) is 6. The summed E-state index contributed by atoms with van der Waals surface area (Å²) >= 11 is 0. The summed E-state index contributed by atoms with van der Waals surface area (Å²) in [6.07, 6.45) is 1.74. The molecule has 2 aliphatic heterocycles. The normalized spacial score (nSPS) is 18.6. The van der Waals surface area contributed by atoms with Gasteiger partial charge in [-0.3, -0.25) is 34.6 Å². The van der Waals surface area contributed by atoms with E-state index in [1.807, 2.05) is 0 Å². The first-order chi connectivity index (χ1) is 13.4. The molecule has 0 saturated carbocycles. The molecule has 9 heteroatoms. The largest absolute Gasteiger partial charge is 0.459 e. The molecule has 1 aromatic carbocycles. The average molecular weight is 381 g/mol. The molecule has 9 nitrogen and oxygen atoms in total. The summed E-state index contributed by atoms with van der Waals surface area (Å²) < 4.78 is 4.94. The number of nitrogens with one attached hydrogen (secondary N) is 2. The van der Waals surface area contributed by atoms with Crippen molar-refractivity contribution in [2.75, 3.05) is 0 Å². The molecule has 1 unspecified atom stereocenters. The lowest BCUT2D eigenvalue weighted by atomic mass is 10.0. The number of piperidine rings is 1. The molecule has 28 heavy (non-hydrogen) atoms. The van der Waals surface area contributed by atoms with Crippen molar-refractivity contribution in [2.24, 2.45) is 0 Å². The molecule has 1 atom stereocenters. The van der Waals surface area contributed by atoms with E-state index in [2.05, 4.69) is 10.6 Å². The van der Waals surface area contributed by atoms with E-state index in [-0.39, 0.29) is 36.6 Å². The number of nitrogens with zero attached hydrogens (tertiary/aromatic N) is 1. The highest BCUT2D eigenvalue weighted by molar-refractivity contribution is 6.11. The molecule has 0 bridgehead atoms. The van der Waals surface area contributed by atoms with Gasteiger partial charge < -0.3 is 9.32 Å². The van der Waals surface area contributed by atoms with Crippen molar-refractivity contribution in [3.63, 3.8) is 0 Å². The van der Waals surface area contributed by atoms with E-state index < -0.39 is 29.7 Å². The highest BCUT2D eigenvalue weighted by atomic mass is 16.3. The summed E-state index contributed by atoms with van der Waals surface area (Å²) in [7, 11) is 0. The Morgan fingerprint density at radius 3 is 2.68 bits per heavy atom. The molecule has 0 aliphatic carbocycles. The summed E-state index contributed by atoms with van der Waals surface area (Å²) in [6, 6.07) is 6.74. The number of fused-ring (bicyclic) bond motifs is 1. The Bertz CT molecular complexity index is 1010. The Morgan fingerprint density at radius 2 is 1.96 bits per heavy atom. The Kier molecular flexibility index (Phi) is 4.26. The van der Waals surface area contributed by atoms with Crippen LogP contribution in [0, 0.1) is 0 Å². The number of imide groups is 2. The van der Waals surface area contributed by atoms with Gasteiger partial charge in [-0.15, -0.1) is 0 Å². The van der Waals surface area contributed by atoms with Crippen LogP contribution in [0.1, 0.15) is 49.7 Å². The van der Waals surface area contributed by atoms with E-state index in [1.54, 1.807) is 6.07 Å². The van der Waals surface area contributed by atoms with Gasteiger partial charge in [-0.25, -0.2) is 0 Å². The number of furan rings is 1. The first kappa shape index (κ1) is 17.7. The monoisotopic (exact) mass is 381 g/mol. The SMILES string of the molecule is O=C1CCC(N2Cc3ccc(C(=O)NC(=O)c4ccco4)cc3C2=O)C(=O)N1. The lowest BCUT2D eigenvalue weighted by molar-refractivity contribution is -0.136. The van der Waals surface area contributed by atoms with Gasteiger partial charge in [0.15, 0.2) is 5.76 Å². The van der Waals surface area contributed by atoms with E-state index in [9.17, 15) is 24.0 Å². The highest BCUT2D eigenvalue weighted by Crippen LogP contribution is 2.28. The molecule has 0 spiro atoms. The predicted molar refractivity (Wildman–Crippen MR) is 93.0 cm³/mol. The van der Waals surface area contributed by atoms with Gasteiger partial charge in [-0.2, -0.15) is 0 Å². The summed E-state index contributed by atoms with van der Waals surface area (Å²) in [6.45, 7) is 0.216. The average Bonchev–Trinajstić information content (AvgIpc) is 3.30. The zero-order valence-corrected chi connectivity index (χ0v) is 14.6. The van der Waals surface area contributed by atoms with Gasteiger partial charge in [-0.05, 0) is 36.2 Å². The summed E-state index contributed by atoms with van der Waals surface area (Å²) in [5.41, 5.74) is 1.10. The van der Waals surface area contributed by atoms with Crippen LogP contribution < -0.4 is 10.6 Å². The van der Waals surface area contributed by atoms with Crippen molar-refractivity contribution in [2.45, 2.75) is 25.4 Å². The number of hydrogen-bond donors (Lipinski definition) is 2. The first-order valence-electron chi connectivity index (χ1n) is 8.61. The number of amides is 5. The van der Waals surface area contributed by atoms with Crippen LogP contribution in [0.3, 0.4) is 0 Å². The molecule has 1 saturated heterocycles. The van der Waals surface area contributed by atoms with E-state index in [0.717, 1.165) is 0 Å². The molecule has 142 valence electrons. The maximum atomic E-state index is 12.8. The van der Waals surface area contributed by atoms with Gasteiger partial charge in [0, 0.05) is 24.1 Å². The van der Waals surface area contributed by atoms with Crippen molar-refractivity contribution in [3.8, 4) is 0 Å². The zero-order valence-electron chi connectivity index (χ0n) is 14.6. The van der Waals surface area contributed by atoms with Crippen molar-refractivity contribution >= 4 is 29.5 Å². The summed E-state index contributed by atoms with van der Waals surface area (Å²) in [4.78, 5) is 61.8. The second-order valence-corrected chi connectivity index (χ2v) is 6.53. The quantitative estimate of drug-likeness (QED) is 0.751. The third-order valence-corrected chi connectivity index (χ3v) is 4.76. The predicted octanol–water partition coefficient (Wildman–Crippen LogP) is 0.611. The molecule has 5 amide bonds. The van der Waals surface area contributed by atoms with Crippen LogP contribution in [-0.4, -0.2) is 40.5 Å². The van der Waals surface area contributed by atoms with Crippen molar-refractivity contribution < 1.29 is 28.4 Å². The number of carbonyl (C=O) groups is 5. The van der Waals surface area contributed by atoms with Crippen LogP contribution >= 0.6 is 0 Å². The minimum Gasteiger partial charge on any atom is -0.459 e. The molecule has 4 rings (SSSR count). The van der Waals surface area contributed by atoms with Gasteiger partial charge in [0.1, 0.15) is 6.04 Å². The van der Waals surface area contributed by atoms with Gasteiger partial charge >= 0.3 is 0 Å². The zero-order chi connectivity index (χ0) is 19.8. The van der Waals surface area contributed by atoms with Gasteiger partial charge in [0.05, 0.1) is 6.26 Å². The second-order valence-electron chi connectivity index (χ2n) is 6.53. The summed E-state index contributed by atoms with van der Waals surface area (Å²) in [5.74, 6) is -2.61. The molecule has 0 radical (unpaired) electrons. The third-order valence-electron chi connectivity index (χ3n) is 4.76. The summed E-state index contributed by atoms with van der Waals surface area (Å²) in [5, 5.41) is 4.43. The lowest BCUT2D eigenvalue weighted by Gasteiger charge is -2.29. The minimum atomic E-state index is -0.726. The maximum Gasteiger partial charge on any atom is 0.293 e. The number of benzene rings is 1. The first-order valence-corrected chi connectivity index (χ1v) is 8.61. The third kappa shape index (κ3) is 3.07. The fourth-order valence-electron chi connectivity index (χ4n) is 3.34. The van der Waals surface area contributed by atoms with Crippen LogP contribution in [-0.2, 0) is 16.1 Å². The van der Waals surface area contributed by atoms with E-state index in [0.29, 0.717) is 11.1 Å². The minimum absolute atomic E-state index is 0.00498. The Labute approximate surface area is 158 Å². The Hall–Kier alpha value is -3.75. The molecule has 3 heterocycles. The van der Waals surface area contributed by atoms with Gasteiger partial charge in [-0.1, -0.05) is 6.07 Å². The fourth-order valence-corrected chi connectivity index (χ4v) is 3.34. The molecular formula is C19H15N3O6. The fraction of sp³-hybridized carbons (Fsp3) is 0.211. The van der Waals surface area contributed by atoms with Crippen LogP contribution in [0.25, 0.3) is 0 Å². The smallest absolute Gasteiger partial charge is 0.293 e. The molecule has 2 aromatic rings. The van der Waals surface area contributed by atoms with Crippen molar-refractivity contribution in [3.05, 3.63) is 59.0 Å². The standard InChI is InChI=1S/C19H15N3O6/c23-15-6-5-13(17(25)20-15)22-9-11-4-3-10(8-12(11)19(22)27)16(24)21-18(26)14-2-1-7-28-14/h1-4,7-8,13H,5-6,9H2,(H,20,23,25)(H,21,24,26). The van der Waals surface area contributed by atoms with Crippen molar-refractivity contribution in [1.29, 1.82) is 0 Å². The van der Waals surface area contributed by atoms with E-state index >= 15 is 0 Å². The molecule has 1 fully saturated rings. The molecule has 2 aliphatic rings. The van der Waals surface area contributed by atoms with Crippen molar-refractivity contribution in [1.82, 2.24) is 15.5 Å². The van der Waals surface area contributed by atoms with Gasteiger partial charge in [0.25, 0.3) is 17.7 Å². The number of carbonyl (C=O) groups excluding carboxylic acids is 5. The number of rotatable bonds is 3. The maximum absolute atomic E-state index is 12.8. The topological polar surface area (TPSA) is 126 Å². The van der Waals surface area contributed by atoms with Crippen LogP contribution in [0.15, 0.2) is 41.0 Å². The van der Waals surface area contributed by atoms with Crippen LogP contribution in [0.2, 0.25) is 0 Å². The lowest BCUT2D eigenvalue weighted by Crippen LogP contribution is -2.52. The molecule has 1 aromatic heterocycles.